The van der Waals surface area contributed by atoms with E-state index in [1.54, 1.807) is 7.11 Å². The highest BCUT2D eigenvalue weighted by Crippen LogP contribution is 2.20. The van der Waals surface area contributed by atoms with Gasteiger partial charge >= 0.3 is 0 Å². The Morgan fingerprint density at radius 3 is 2.14 bits per heavy atom. The molecular weight excluding hydrogens is 260 g/mol. The molecule has 1 aliphatic heterocycles. The van der Waals surface area contributed by atoms with Crippen LogP contribution in [-0.2, 0) is 6.54 Å². The number of piperazine rings is 1. The van der Waals surface area contributed by atoms with Crippen molar-refractivity contribution in [3.8, 4) is 5.75 Å². The van der Waals surface area contributed by atoms with E-state index in [1.165, 1.54) is 11.3 Å². The summed E-state index contributed by atoms with van der Waals surface area (Å²) in [6.07, 6.45) is 0. The van der Waals surface area contributed by atoms with Gasteiger partial charge in [-0.3, -0.25) is 4.90 Å². The van der Waals surface area contributed by atoms with Gasteiger partial charge in [-0.1, -0.05) is 30.3 Å². The first kappa shape index (κ1) is 14.0. The number of anilines is 1. The van der Waals surface area contributed by atoms with Gasteiger partial charge in [0.2, 0.25) is 0 Å². The molecule has 0 saturated carbocycles. The topological polar surface area (TPSA) is 15.7 Å². The fraction of sp³-hybridized carbons (Fsp3) is 0.333. The zero-order chi connectivity index (χ0) is 14.5. The summed E-state index contributed by atoms with van der Waals surface area (Å²) < 4.78 is 5.21. The maximum Gasteiger partial charge on any atom is 0.119 e. The SMILES string of the molecule is COc1ccc(N2CCN(Cc3ccccc3)CC2)cc1. The summed E-state index contributed by atoms with van der Waals surface area (Å²) in [5.41, 5.74) is 2.69. The zero-order valence-electron chi connectivity index (χ0n) is 12.5. The van der Waals surface area contributed by atoms with E-state index in [4.69, 9.17) is 4.74 Å². The van der Waals surface area contributed by atoms with Crippen LogP contribution in [0, 0.1) is 0 Å². The molecule has 0 radical (unpaired) electrons. The van der Waals surface area contributed by atoms with Gasteiger partial charge in [-0.2, -0.15) is 0 Å². The van der Waals surface area contributed by atoms with Crippen LogP contribution >= 0.6 is 0 Å². The molecule has 0 aliphatic carbocycles. The molecule has 1 aliphatic rings. The number of hydrogen-bond donors (Lipinski definition) is 0. The average molecular weight is 282 g/mol. The van der Waals surface area contributed by atoms with Crippen LogP contribution in [0.25, 0.3) is 0 Å². The highest BCUT2D eigenvalue weighted by Gasteiger charge is 2.17. The van der Waals surface area contributed by atoms with Gasteiger partial charge in [0.25, 0.3) is 0 Å². The Morgan fingerprint density at radius 2 is 1.52 bits per heavy atom. The summed E-state index contributed by atoms with van der Waals surface area (Å²) in [4.78, 5) is 4.97. The third kappa shape index (κ3) is 3.56. The predicted octanol–water partition coefficient (Wildman–Crippen LogP) is 3.02. The molecule has 0 bridgehead atoms. The van der Waals surface area contributed by atoms with Gasteiger partial charge < -0.3 is 9.64 Å². The van der Waals surface area contributed by atoms with Crippen molar-refractivity contribution in [3.05, 3.63) is 60.2 Å². The number of benzene rings is 2. The second kappa shape index (κ2) is 6.64. The maximum absolute atomic E-state index is 5.21. The van der Waals surface area contributed by atoms with Crippen molar-refractivity contribution in [1.82, 2.24) is 4.90 Å². The molecule has 0 aromatic heterocycles. The largest absolute Gasteiger partial charge is 0.497 e. The molecule has 3 heteroatoms. The summed E-state index contributed by atoms with van der Waals surface area (Å²) in [6.45, 7) is 5.44. The average Bonchev–Trinajstić information content (AvgIpc) is 2.57. The Kier molecular flexibility index (Phi) is 4.41. The number of ether oxygens (including phenoxy) is 1. The van der Waals surface area contributed by atoms with E-state index in [1.807, 2.05) is 12.1 Å². The Morgan fingerprint density at radius 1 is 0.857 bits per heavy atom. The van der Waals surface area contributed by atoms with Crippen molar-refractivity contribution in [3.63, 3.8) is 0 Å². The molecule has 1 saturated heterocycles. The Balaban J connectivity index is 1.54. The van der Waals surface area contributed by atoms with Crippen LogP contribution in [0.15, 0.2) is 54.6 Å². The fourth-order valence-corrected chi connectivity index (χ4v) is 2.80. The molecule has 2 aromatic carbocycles. The lowest BCUT2D eigenvalue weighted by atomic mass is 10.2. The van der Waals surface area contributed by atoms with E-state index in [0.717, 1.165) is 38.5 Å². The van der Waals surface area contributed by atoms with Gasteiger partial charge in [0.05, 0.1) is 7.11 Å². The molecular formula is C18H22N2O. The molecule has 0 amide bonds. The lowest BCUT2D eigenvalue weighted by molar-refractivity contribution is 0.250. The molecule has 0 atom stereocenters. The molecule has 0 unspecified atom stereocenters. The molecule has 110 valence electrons. The quantitative estimate of drug-likeness (QED) is 0.857. The van der Waals surface area contributed by atoms with E-state index in [0.29, 0.717) is 0 Å². The van der Waals surface area contributed by atoms with Crippen LogP contribution in [0.1, 0.15) is 5.56 Å². The first-order chi connectivity index (χ1) is 10.3. The monoisotopic (exact) mass is 282 g/mol. The molecule has 2 aromatic rings. The first-order valence-corrected chi connectivity index (χ1v) is 7.50. The molecule has 0 spiro atoms. The Labute approximate surface area is 126 Å². The smallest absolute Gasteiger partial charge is 0.119 e. The minimum absolute atomic E-state index is 0.918. The minimum atomic E-state index is 0.918. The van der Waals surface area contributed by atoms with Gasteiger partial charge in [0, 0.05) is 38.4 Å². The summed E-state index contributed by atoms with van der Waals surface area (Å²) in [6, 6.07) is 19.1. The Hall–Kier alpha value is -2.00. The van der Waals surface area contributed by atoms with Crippen molar-refractivity contribution in [1.29, 1.82) is 0 Å². The summed E-state index contributed by atoms with van der Waals surface area (Å²) in [7, 11) is 1.71. The fourth-order valence-electron chi connectivity index (χ4n) is 2.80. The van der Waals surface area contributed by atoms with Gasteiger partial charge in [-0.05, 0) is 29.8 Å². The molecule has 0 N–H and O–H groups in total. The van der Waals surface area contributed by atoms with Gasteiger partial charge in [-0.25, -0.2) is 0 Å². The number of methoxy groups -OCH3 is 1. The van der Waals surface area contributed by atoms with Crippen LogP contribution in [-0.4, -0.2) is 38.2 Å². The summed E-state index contributed by atoms with van der Waals surface area (Å²) in [5, 5.41) is 0. The third-order valence-electron chi connectivity index (χ3n) is 4.06. The van der Waals surface area contributed by atoms with Gasteiger partial charge in [0.15, 0.2) is 0 Å². The molecule has 21 heavy (non-hydrogen) atoms. The third-order valence-corrected chi connectivity index (χ3v) is 4.06. The molecule has 3 rings (SSSR count). The second-order valence-electron chi connectivity index (χ2n) is 5.45. The maximum atomic E-state index is 5.21. The summed E-state index contributed by atoms with van der Waals surface area (Å²) >= 11 is 0. The predicted molar refractivity (Wildman–Crippen MR) is 86.9 cm³/mol. The van der Waals surface area contributed by atoms with Crippen molar-refractivity contribution in [2.45, 2.75) is 6.54 Å². The first-order valence-electron chi connectivity index (χ1n) is 7.50. The van der Waals surface area contributed by atoms with Gasteiger partial charge in [-0.15, -0.1) is 0 Å². The van der Waals surface area contributed by atoms with Crippen LogP contribution in [0.4, 0.5) is 5.69 Å². The standard InChI is InChI=1S/C18H22N2O/c1-21-18-9-7-17(8-10-18)20-13-11-19(12-14-20)15-16-5-3-2-4-6-16/h2-10H,11-15H2,1H3. The van der Waals surface area contributed by atoms with Crippen molar-refractivity contribution >= 4 is 5.69 Å². The van der Waals surface area contributed by atoms with Crippen LogP contribution in [0.3, 0.4) is 0 Å². The number of hydrogen-bond acceptors (Lipinski definition) is 3. The van der Waals surface area contributed by atoms with Crippen LogP contribution in [0.2, 0.25) is 0 Å². The van der Waals surface area contributed by atoms with Gasteiger partial charge in [0.1, 0.15) is 5.75 Å². The van der Waals surface area contributed by atoms with Crippen molar-refractivity contribution in [2.24, 2.45) is 0 Å². The van der Waals surface area contributed by atoms with Crippen molar-refractivity contribution < 1.29 is 4.74 Å². The lowest BCUT2D eigenvalue weighted by Crippen LogP contribution is -2.45. The zero-order valence-corrected chi connectivity index (χ0v) is 12.5. The van der Waals surface area contributed by atoms with Crippen molar-refractivity contribution in [2.75, 3.05) is 38.2 Å². The van der Waals surface area contributed by atoms with E-state index < -0.39 is 0 Å². The second-order valence-corrected chi connectivity index (χ2v) is 5.45. The van der Waals surface area contributed by atoms with Crippen LogP contribution < -0.4 is 9.64 Å². The molecule has 1 heterocycles. The van der Waals surface area contributed by atoms with Crippen LogP contribution in [0.5, 0.6) is 5.75 Å². The van der Waals surface area contributed by atoms with E-state index in [2.05, 4.69) is 52.3 Å². The lowest BCUT2D eigenvalue weighted by Gasteiger charge is -2.36. The van der Waals surface area contributed by atoms with E-state index in [-0.39, 0.29) is 0 Å². The molecule has 1 fully saturated rings. The number of nitrogens with zero attached hydrogens (tertiary/aromatic N) is 2. The van der Waals surface area contributed by atoms with E-state index in [9.17, 15) is 0 Å². The van der Waals surface area contributed by atoms with E-state index >= 15 is 0 Å². The summed E-state index contributed by atoms with van der Waals surface area (Å²) in [5.74, 6) is 0.918. The normalized spacial score (nSPS) is 16.0. The number of rotatable bonds is 4. The molecule has 3 nitrogen and oxygen atoms in total. The highest BCUT2D eigenvalue weighted by molar-refractivity contribution is 5.49. The Bertz CT molecular complexity index is 545. The highest BCUT2D eigenvalue weighted by atomic mass is 16.5. The minimum Gasteiger partial charge on any atom is -0.497 e.